The van der Waals surface area contributed by atoms with Crippen molar-refractivity contribution in [1.82, 2.24) is 0 Å². The second kappa shape index (κ2) is 16.4. The third kappa shape index (κ3) is 16.1. The molecule has 2 atom stereocenters. The summed E-state index contributed by atoms with van der Waals surface area (Å²) in [5, 5.41) is 6.48. The number of alkyl halides is 1. The summed E-state index contributed by atoms with van der Waals surface area (Å²) in [5.41, 5.74) is 0. The zero-order valence-electron chi connectivity index (χ0n) is 15.6. The SMILES string of the molecule is CCCCCCC(COC(=O)CC(C(=O)O)S(=O)(=O)O)OC(=O)C(C)(C)Br.[NaH].[NaH]. The average molecular weight is 523 g/mol. The summed E-state index contributed by atoms with van der Waals surface area (Å²) in [6.45, 7) is 4.90. The van der Waals surface area contributed by atoms with Gasteiger partial charge in [-0.25, -0.2) is 0 Å². The Morgan fingerprint density at radius 2 is 1.66 bits per heavy atom. The second-order valence-electron chi connectivity index (χ2n) is 6.58. The van der Waals surface area contributed by atoms with E-state index in [-0.39, 0.29) is 65.7 Å². The summed E-state index contributed by atoms with van der Waals surface area (Å²) in [7, 11) is -4.95. The van der Waals surface area contributed by atoms with Gasteiger partial charge in [-0.2, -0.15) is 8.42 Å². The molecule has 0 saturated heterocycles. The van der Waals surface area contributed by atoms with Crippen LogP contribution in [0.15, 0.2) is 0 Å². The Bertz CT molecular complexity index is 620. The fraction of sp³-hybridized carbons (Fsp3) is 0.812. The van der Waals surface area contributed by atoms with Crippen LogP contribution in [0.3, 0.4) is 0 Å². The van der Waals surface area contributed by atoms with Crippen LogP contribution in [0.25, 0.3) is 0 Å². The molecule has 0 aromatic heterocycles. The summed E-state index contributed by atoms with van der Waals surface area (Å²) in [5.74, 6) is -3.55. The van der Waals surface area contributed by atoms with Gasteiger partial charge in [-0.1, -0.05) is 42.1 Å². The molecule has 29 heavy (non-hydrogen) atoms. The quantitative estimate of drug-likeness (QED) is 0.119. The maximum atomic E-state index is 12.0. The Hall–Kier alpha value is 0.800. The van der Waals surface area contributed by atoms with Gasteiger partial charge in [0.15, 0.2) is 5.25 Å². The van der Waals surface area contributed by atoms with Gasteiger partial charge in [-0.05, 0) is 26.7 Å². The van der Waals surface area contributed by atoms with E-state index in [0.29, 0.717) is 6.42 Å². The summed E-state index contributed by atoms with van der Waals surface area (Å²) < 4.78 is 40.1. The minimum atomic E-state index is -4.95. The molecule has 13 heteroatoms. The van der Waals surface area contributed by atoms with Crippen molar-refractivity contribution in [2.75, 3.05) is 6.61 Å². The van der Waals surface area contributed by atoms with E-state index in [1.54, 1.807) is 13.8 Å². The Kier molecular flexibility index (Phi) is 19.5. The first kappa shape index (κ1) is 34.4. The van der Waals surface area contributed by atoms with E-state index in [1.807, 2.05) is 6.92 Å². The average Bonchev–Trinajstić information content (AvgIpc) is 2.51. The molecular formula is C16H29BrNa2O9S. The predicted molar refractivity (Wildman–Crippen MR) is 114 cm³/mol. The molecule has 0 aromatic carbocycles. The van der Waals surface area contributed by atoms with Crippen molar-refractivity contribution in [3.8, 4) is 0 Å². The van der Waals surface area contributed by atoms with Crippen LogP contribution < -0.4 is 0 Å². The molecule has 0 saturated carbocycles. The van der Waals surface area contributed by atoms with E-state index < -0.39 is 50.1 Å². The van der Waals surface area contributed by atoms with Crippen molar-refractivity contribution in [2.45, 2.75) is 75.0 Å². The van der Waals surface area contributed by atoms with Crippen LogP contribution in [-0.2, 0) is 34.0 Å². The van der Waals surface area contributed by atoms with Gasteiger partial charge in [0.1, 0.15) is 17.0 Å². The molecule has 0 aliphatic rings. The van der Waals surface area contributed by atoms with Crippen LogP contribution in [0, 0.1) is 0 Å². The molecular weight excluding hydrogens is 494 g/mol. The van der Waals surface area contributed by atoms with Crippen molar-refractivity contribution in [2.24, 2.45) is 0 Å². The molecule has 0 aromatic rings. The first-order chi connectivity index (χ1) is 12.3. The topological polar surface area (TPSA) is 144 Å². The van der Waals surface area contributed by atoms with E-state index in [1.165, 1.54) is 0 Å². The summed E-state index contributed by atoms with van der Waals surface area (Å²) in [6.07, 6.45) is 2.29. The van der Waals surface area contributed by atoms with Crippen molar-refractivity contribution >= 4 is 103 Å². The summed E-state index contributed by atoms with van der Waals surface area (Å²) in [4.78, 5) is 34.6. The van der Waals surface area contributed by atoms with Crippen molar-refractivity contribution in [3.05, 3.63) is 0 Å². The molecule has 0 amide bonds. The maximum absolute atomic E-state index is 12.0. The Morgan fingerprint density at radius 1 is 1.10 bits per heavy atom. The first-order valence-corrected chi connectivity index (χ1v) is 10.8. The standard InChI is InChI=1S/C16H27BrO9S.2Na.2H/c1-4-5-6-7-8-11(26-15(21)16(2,3)17)10-25-13(18)9-12(14(19)20)27(22,23)24;;;;/h11-12H,4-10H2,1-3H3,(H,19,20)(H,22,23,24);;;;. The van der Waals surface area contributed by atoms with Crippen LogP contribution in [0.4, 0.5) is 0 Å². The van der Waals surface area contributed by atoms with Crippen LogP contribution in [-0.4, -0.2) is 117 Å². The zero-order chi connectivity index (χ0) is 21.3. The van der Waals surface area contributed by atoms with Gasteiger partial charge < -0.3 is 14.6 Å². The Balaban J connectivity index is -0.00000338. The number of hydrogen-bond donors (Lipinski definition) is 2. The number of carbonyl (C=O) groups excluding carboxylic acids is 2. The Labute approximate surface area is 224 Å². The number of aliphatic carboxylic acids is 1. The normalized spacial score (nSPS) is 13.3. The molecule has 9 nitrogen and oxygen atoms in total. The van der Waals surface area contributed by atoms with E-state index in [4.69, 9.17) is 19.1 Å². The molecule has 2 N–H and O–H groups in total. The molecule has 0 radical (unpaired) electrons. The fourth-order valence-electron chi connectivity index (χ4n) is 1.98. The summed E-state index contributed by atoms with van der Waals surface area (Å²) in [6, 6.07) is 0. The van der Waals surface area contributed by atoms with Crippen LogP contribution in [0.1, 0.15) is 59.3 Å². The molecule has 0 aliphatic carbocycles. The number of carboxylic acids is 1. The van der Waals surface area contributed by atoms with E-state index >= 15 is 0 Å². The molecule has 2 unspecified atom stereocenters. The molecule has 0 fully saturated rings. The Morgan fingerprint density at radius 3 is 2.07 bits per heavy atom. The monoisotopic (exact) mass is 522 g/mol. The number of rotatable bonds is 13. The molecule has 162 valence electrons. The number of unbranched alkanes of at least 4 members (excludes halogenated alkanes) is 3. The zero-order valence-corrected chi connectivity index (χ0v) is 18.0. The van der Waals surface area contributed by atoms with Gasteiger partial charge in [0, 0.05) is 0 Å². The third-order valence-corrected chi connectivity index (χ3v) is 4.97. The van der Waals surface area contributed by atoms with Crippen molar-refractivity contribution in [3.63, 3.8) is 0 Å². The number of carboxylic acid groups (broad SMARTS) is 1. The second-order valence-corrected chi connectivity index (χ2v) is 10.2. The van der Waals surface area contributed by atoms with E-state index in [2.05, 4.69) is 15.9 Å². The van der Waals surface area contributed by atoms with Gasteiger partial charge in [-0.15, -0.1) is 0 Å². The summed E-state index contributed by atoms with van der Waals surface area (Å²) >= 11 is 3.17. The van der Waals surface area contributed by atoms with Gasteiger partial charge in [0.25, 0.3) is 10.1 Å². The molecule has 0 aliphatic heterocycles. The number of ether oxygens (including phenoxy) is 2. The molecule has 0 spiro atoms. The van der Waals surface area contributed by atoms with Gasteiger partial charge in [0.05, 0.1) is 6.42 Å². The molecule has 0 heterocycles. The number of esters is 2. The first-order valence-electron chi connectivity index (χ1n) is 8.53. The van der Waals surface area contributed by atoms with Gasteiger partial charge in [0.2, 0.25) is 0 Å². The fourth-order valence-corrected chi connectivity index (χ4v) is 2.68. The van der Waals surface area contributed by atoms with Crippen LogP contribution in [0.5, 0.6) is 0 Å². The van der Waals surface area contributed by atoms with Crippen molar-refractivity contribution in [1.29, 1.82) is 0 Å². The van der Waals surface area contributed by atoms with Crippen molar-refractivity contribution < 1.29 is 41.9 Å². The predicted octanol–water partition coefficient (Wildman–Crippen LogP) is 1.02. The van der Waals surface area contributed by atoms with E-state index in [0.717, 1.165) is 25.7 Å². The number of hydrogen-bond acceptors (Lipinski definition) is 7. The van der Waals surface area contributed by atoms with Gasteiger partial charge >= 0.3 is 77.0 Å². The van der Waals surface area contributed by atoms with Crippen LogP contribution >= 0.6 is 15.9 Å². The van der Waals surface area contributed by atoms with Gasteiger partial charge in [-0.3, -0.25) is 18.9 Å². The third-order valence-electron chi connectivity index (χ3n) is 3.56. The number of halogens is 1. The molecule has 0 bridgehead atoms. The van der Waals surface area contributed by atoms with E-state index in [9.17, 15) is 22.8 Å². The molecule has 0 rings (SSSR count). The number of carbonyl (C=O) groups is 3. The van der Waals surface area contributed by atoms with Crippen LogP contribution in [0.2, 0.25) is 0 Å². The minimum absolute atomic E-state index is 0.